The minimum Gasteiger partial charge on any atom is -0.396 e. The molecule has 0 rings (SSSR count). The van der Waals surface area contributed by atoms with Crippen LogP contribution in [0.4, 0.5) is 0 Å². The topological polar surface area (TPSA) is 106 Å². The first kappa shape index (κ1) is 8.90. The molecule has 0 saturated carbocycles. The molecule has 0 saturated heterocycles. The van der Waals surface area contributed by atoms with E-state index in [-0.39, 0.29) is 6.29 Å². The van der Waals surface area contributed by atoms with Gasteiger partial charge in [-0.05, 0) is 5.53 Å². The second-order valence-electron chi connectivity index (χ2n) is 1.58. The van der Waals surface area contributed by atoms with E-state index in [1.54, 1.807) is 0 Å². The Morgan fingerprint density at radius 1 is 1.80 bits per heavy atom. The molecule has 2 atom stereocenters. The van der Waals surface area contributed by atoms with Crippen LogP contribution in [0.5, 0.6) is 0 Å². The minimum absolute atomic E-state index is 0.204. The molecule has 0 aromatic carbocycles. The lowest BCUT2D eigenvalue weighted by atomic mass is 10.2. The van der Waals surface area contributed by atoms with Gasteiger partial charge in [-0.1, -0.05) is 5.11 Å². The molecule has 0 aromatic heterocycles. The van der Waals surface area contributed by atoms with E-state index in [9.17, 15) is 4.79 Å². The quantitative estimate of drug-likeness (QED) is 0.234. The van der Waals surface area contributed by atoms with Crippen molar-refractivity contribution in [1.29, 1.82) is 0 Å². The van der Waals surface area contributed by atoms with Crippen LogP contribution in [0.25, 0.3) is 10.4 Å². The Morgan fingerprint density at radius 3 is 2.70 bits per heavy atom. The maximum Gasteiger partial charge on any atom is 0.148 e. The van der Waals surface area contributed by atoms with Crippen LogP contribution >= 0.6 is 0 Å². The van der Waals surface area contributed by atoms with E-state index in [2.05, 4.69) is 10.0 Å². The van der Waals surface area contributed by atoms with Crippen molar-refractivity contribution < 1.29 is 15.0 Å². The van der Waals surface area contributed by atoms with Crippen molar-refractivity contribution in [3.05, 3.63) is 10.4 Å². The number of nitrogens with zero attached hydrogens (tertiary/aromatic N) is 3. The van der Waals surface area contributed by atoms with Crippen molar-refractivity contribution in [2.24, 2.45) is 5.11 Å². The van der Waals surface area contributed by atoms with E-state index in [1.165, 1.54) is 0 Å². The molecule has 0 aliphatic carbocycles. The zero-order valence-corrected chi connectivity index (χ0v) is 5.08. The van der Waals surface area contributed by atoms with Crippen molar-refractivity contribution >= 4 is 6.29 Å². The minimum atomic E-state index is -1.42. The van der Waals surface area contributed by atoms with E-state index >= 15 is 0 Å². The first-order valence-corrected chi connectivity index (χ1v) is 2.54. The van der Waals surface area contributed by atoms with Crippen LogP contribution in [0.2, 0.25) is 0 Å². The highest BCUT2D eigenvalue weighted by molar-refractivity contribution is 5.56. The predicted molar refractivity (Wildman–Crippen MR) is 32.1 cm³/mol. The van der Waals surface area contributed by atoms with Gasteiger partial charge in [0.1, 0.15) is 12.4 Å². The summed E-state index contributed by atoms with van der Waals surface area (Å²) in [5.41, 5.74) is 7.83. The molecule has 0 aliphatic heterocycles. The molecule has 0 aliphatic rings. The molecule has 0 fully saturated rings. The van der Waals surface area contributed by atoms with Crippen LogP contribution in [-0.4, -0.2) is 35.3 Å². The molecular weight excluding hydrogens is 138 g/mol. The maximum absolute atomic E-state index is 9.84. The fraction of sp³-hybridized carbons (Fsp3) is 0.750. The lowest BCUT2D eigenvalue weighted by Crippen LogP contribution is -2.28. The Bertz CT molecular complexity index is 154. The first-order valence-electron chi connectivity index (χ1n) is 2.54. The molecule has 0 bridgehead atoms. The zero-order valence-electron chi connectivity index (χ0n) is 5.08. The smallest absolute Gasteiger partial charge is 0.148 e. The van der Waals surface area contributed by atoms with Gasteiger partial charge in [0.15, 0.2) is 0 Å². The number of rotatable bonds is 4. The third-order valence-electron chi connectivity index (χ3n) is 0.921. The van der Waals surface area contributed by atoms with Crippen molar-refractivity contribution in [2.75, 3.05) is 6.61 Å². The highest BCUT2D eigenvalue weighted by Gasteiger charge is 2.14. The van der Waals surface area contributed by atoms with E-state index in [0.717, 1.165) is 0 Å². The Hall–Kier alpha value is -1.10. The van der Waals surface area contributed by atoms with E-state index < -0.39 is 18.8 Å². The van der Waals surface area contributed by atoms with E-state index in [1.807, 2.05) is 0 Å². The summed E-state index contributed by atoms with van der Waals surface area (Å²) in [5.74, 6) is 0. The Labute approximate surface area is 56.7 Å². The highest BCUT2D eigenvalue weighted by Crippen LogP contribution is 1.95. The molecular formula is C4H7N3O3. The molecule has 0 radical (unpaired) electrons. The standard InChI is InChI=1S/C4H7N3O3/c5-7-6-3(1-8)4(10)2-9/h2-4,8,10H,1H2/t3-,4-/m0/s1. The Balaban J connectivity index is 4.04. The first-order chi connectivity index (χ1) is 4.76. The van der Waals surface area contributed by atoms with Gasteiger partial charge in [-0.25, -0.2) is 0 Å². The monoisotopic (exact) mass is 145 g/mol. The number of azide groups is 1. The largest absolute Gasteiger partial charge is 0.396 e. The number of aliphatic hydroxyl groups is 2. The van der Waals surface area contributed by atoms with Crippen molar-refractivity contribution in [1.82, 2.24) is 0 Å². The molecule has 0 amide bonds. The fourth-order valence-electron chi connectivity index (χ4n) is 0.370. The third-order valence-corrected chi connectivity index (χ3v) is 0.921. The summed E-state index contributed by atoms with van der Waals surface area (Å²) in [4.78, 5) is 12.2. The van der Waals surface area contributed by atoms with Gasteiger partial charge < -0.3 is 15.0 Å². The van der Waals surface area contributed by atoms with Crippen LogP contribution in [0.1, 0.15) is 0 Å². The average molecular weight is 145 g/mol. The molecule has 56 valence electrons. The molecule has 10 heavy (non-hydrogen) atoms. The normalized spacial score (nSPS) is 15.0. The van der Waals surface area contributed by atoms with Gasteiger partial charge >= 0.3 is 0 Å². The van der Waals surface area contributed by atoms with Crippen molar-refractivity contribution in [3.63, 3.8) is 0 Å². The lowest BCUT2D eigenvalue weighted by Gasteiger charge is -2.07. The van der Waals surface area contributed by atoms with Crippen LogP contribution < -0.4 is 0 Å². The van der Waals surface area contributed by atoms with Gasteiger partial charge in [-0.15, -0.1) is 0 Å². The van der Waals surface area contributed by atoms with E-state index in [4.69, 9.17) is 15.7 Å². The lowest BCUT2D eigenvalue weighted by molar-refractivity contribution is -0.116. The number of carbonyl (C=O) groups excluding carboxylic acids is 1. The number of hydrogen-bond donors (Lipinski definition) is 2. The van der Waals surface area contributed by atoms with Gasteiger partial charge in [-0.3, -0.25) is 0 Å². The van der Waals surface area contributed by atoms with Crippen LogP contribution in [0.15, 0.2) is 5.11 Å². The summed E-state index contributed by atoms with van der Waals surface area (Å²) in [5, 5.41) is 20.0. The van der Waals surface area contributed by atoms with Crippen LogP contribution in [0, 0.1) is 0 Å². The van der Waals surface area contributed by atoms with Crippen LogP contribution in [-0.2, 0) is 4.79 Å². The van der Waals surface area contributed by atoms with Crippen molar-refractivity contribution in [3.8, 4) is 0 Å². The number of carbonyl (C=O) groups is 1. The second kappa shape index (κ2) is 4.75. The van der Waals surface area contributed by atoms with Gasteiger partial charge in [-0.2, -0.15) is 0 Å². The molecule has 6 nitrogen and oxygen atoms in total. The average Bonchev–Trinajstić information content (AvgIpc) is 1.99. The summed E-state index contributed by atoms with van der Waals surface area (Å²) in [6.07, 6.45) is -1.21. The summed E-state index contributed by atoms with van der Waals surface area (Å²) >= 11 is 0. The molecule has 0 aromatic rings. The summed E-state index contributed by atoms with van der Waals surface area (Å²) in [6, 6.07) is -1.07. The van der Waals surface area contributed by atoms with E-state index in [0.29, 0.717) is 0 Å². The number of aliphatic hydroxyl groups excluding tert-OH is 2. The predicted octanol–water partition coefficient (Wildman–Crippen LogP) is -0.783. The Morgan fingerprint density at radius 2 is 2.40 bits per heavy atom. The molecule has 2 N–H and O–H groups in total. The number of hydrogen-bond acceptors (Lipinski definition) is 4. The van der Waals surface area contributed by atoms with Gasteiger partial charge in [0, 0.05) is 4.91 Å². The highest BCUT2D eigenvalue weighted by atomic mass is 16.3. The summed E-state index contributed by atoms with van der Waals surface area (Å²) in [6.45, 7) is -0.538. The van der Waals surface area contributed by atoms with Crippen LogP contribution in [0.3, 0.4) is 0 Å². The summed E-state index contributed by atoms with van der Waals surface area (Å²) < 4.78 is 0. The fourth-order valence-corrected chi connectivity index (χ4v) is 0.370. The number of aldehydes is 1. The van der Waals surface area contributed by atoms with Gasteiger partial charge in [0.05, 0.1) is 12.6 Å². The third kappa shape index (κ3) is 2.45. The second-order valence-corrected chi connectivity index (χ2v) is 1.58. The molecule has 0 heterocycles. The summed E-state index contributed by atoms with van der Waals surface area (Å²) in [7, 11) is 0. The molecule has 0 spiro atoms. The molecule has 6 heteroatoms. The molecule has 0 unspecified atom stereocenters. The zero-order chi connectivity index (χ0) is 7.98. The van der Waals surface area contributed by atoms with Gasteiger partial charge in [0.2, 0.25) is 0 Å². The van der Waals surface area contributed by atoms with Gasteiger partial charge in [0.25, 0.3) is 0 Å². The SMILES string of the molecule is [N-]=[N+]=N[C@@H](CO)[C@@H](O)C=O. The maximum atomic E-state index is 9.84. The van der Waals surface area contributed by atoms with Crippen molar-refractivity contribution in [2.45, 2.75) is 12.1 Å². The Kier molecular flexibility index (Phi) is 4.23.